The average Bonchev–Trinajstić information content (AvgIpc) is 3.48. The molecule has 0 spiro atoms. The number of hydrazine groups is 1. The largest absolute Gasteiger partial charge is 0.336 e. The fourth-order valence-electron chi connectivity index (χ4n) is 5.16. The zero-order valence-electron chi connectivity index (χ0n) is 19.6. The lowest BCUT2D eigenvalue weighted by Gasteiger charge is -2.27. The fraction of sp³-hybridized carbons (Fsp3) is 0.222. The number of aromatic amines is 1. The number of fused-ring (bicyclic) bond motifs is 3. The van der Waals surface area contributed by atoms with Crippen molar-refractivity contribution >= 4 is 16.7 Å². The van der Waals surface area contributed by atoms with Crippen molar-refractivity contribution in [3.8, 4) is 11.3 Å². The van der Waals surface area contributed by atoms with Gasteiger partial charge in [0, 0.05) is 48.4 Å². The van der Waals surface area contributed by atoms with Crippen LogP contribution in [0.25, 0.3) is 28.0 Å². The molecule has 1 saturated heterocycles. The molecule has 1 aliphatic carbocycles. The minimum Gasteiger partial charge on any atom is -0.336 e. The van der Waals surface area contributed by atoms with Gasteiger partial charge in [-0.1, -0.05) is 18.2 Å². The Morgan fingerprint density at radius 2 is 2.03 bits per heavy atom. The molecule has 2 atom stereocenters. The van der Waals surface area contributed by atoms with E-state index in [1.807, 2.05) is 24.4 Å². The summed E-state index contributed by atoms with van der Waals surface area (Å²) in [5.41, 5.74) is 10.1. The number of allylic oxidation sites excluding steroid dienone is 4. The molecule has 8 nitrogen and oxygen atoms in total. The maximum absolute atomic E-state index is 15.4. The van der Waals surface area contributed by atoms with E-state index < -0.39 is 11.6 Å². The highest BCUT2D eigenvalue weighted by Crippen LogP contribution is 2.41. The first kappa shape index (κ1) is 21.1. The van der Waals surface area contributed by atoms with Crippen LogP contribution in [-0.4, -0.2) is 53.7 Å². The molecule has 2 aliphatic heterocycles. The molecule has 7 rings (SSSR count). The second-order valence-corrected chi connectivity index (χ2v) is 9.48. The molecule has 4 aromatic rings. The van der Waals surface area contributed by atoms with E-state index in [2.05, 4.69) is 36.4 Å². The summed E-state index contributed by atoms with van der Waals surface area (Å²) in [4.78, 5) is 25.9. The van der Waals surface area contributed by atoms with Crippen LogP contribution in [0.3, 0.4) is 0 Å². The Morgan fingerprint density at radius 1 is 1.14 bits per heavy atom. The molecule has 0 bridgehead atoms. The molecule has 178 valence electrons. The second-order valence-electron chi connectivity index (χ2n) is 9.48. The summed E-state index contributed by atoms with van der Waals surface area (Å²) in [6.07, 6.45) is 16.6. The second kappa shape index (κ2) is 7.89. The molecule has 2 N–H and O–H groups in total. The molecule has 1 fully saturated rings. The minimum absolute atomic E-state index is 0.434. The van der Waals surface area contributed by atoms with Gasteiger partial charge in [0.15, 0.2) is 5.65 Å². The minimum atomic E-state index is -1.50. The van der Waals surface area contributed by atoms with Crippen molar-refractivity contribution in [1.82, 2.24) is 40.3 Å². The zero-order valence-corrected chi connectivity index (χ0v) is 19.6. The highest BCUT2D eigenvalue weighted by molar-refractivity contribution is 5.88. The van der Waals surface area contributed by atoms with E-state index in [1.165, 1.54) is 6.33 Å². The number of nitrogens with one attached hydrogen (secondary N) is 2. The van der Waals surface area contributed by atoms with Gasteiger partial charge in [-0.15, -0.1) is 0 Å². The van der Waals surface area contributed by atoms with Gasteiger partial charge in [0.2, 0.25) is 0 Å². The van der Waals surface area contributed by atoms with Crippen LogP contribution in [0.5, 0.6) is 0 Å². The maximum Gasteiger partial charge on any atom is 0.178 e. The van der Waals surface area contributed by atoms with Crippen LogP contribution < -0.4 is 5.43 Å². The van der Waals surface area contributed by atoms with E-state index >= 15 is 4.39 Å². The van der Waals surface area contributed by atoms with Crippen molar-refractivity contribution in [1.29, 1.82) is 0 Å². The summed E-state index contributed by atoms with van der Waals surface area (Å²) in [6, 6.07) is 3.97. The van der Waals surface area contributed by atoms with Gasteiger partial charge in [-0.2, -0.15) is 0 Å². The Hall–Kier alpha value is -4.24. The average molecular weight is 479 g/mol. The number of aromatic nitrogens is 6. The third-order valence-corrected chi connectivity index (χ3v) is 7.07. The first-order valence-electron chi connectivity index (χ1n) is 12.0. The summed E-state index contributed by atoms with van der Waals surface area (Å²) >= 11 is 0. The molecular formula is C27H23FN8. The SMILES string of the molecule is CC1(F)C=CC=CC1c1ccnc2nc(C3=C4CN4NCCc4cnc(-c5cncnc5)cc43)[nH]c12. The van der Waals surface area contributed by atoms with Crippen LogP contribution in [0.1, 0.15) is 35.4 Å². The summed E-state index contributed by atoms with van der Waals surface area (Å²) in [5.74, 6) is 0.279. The van der Waals surface area contributed by atoms with Crippen LogP contribution in [0.15, 0.2) is 73.2 Å². The van der Waals surface area contributed by atoms with Crippen LogP contribution >= 0.6 is 0 Å². The van der Waals surface area contributed by atoms with Gasteiger partial charge in [0.25, 0.3) is 0 Å². The number of alkyl halides is 1. The van der Waals surface area contributed by atoms with Crippen molar-refractivity contribution in [3.63, 3.8) is 0 Å². The molecule has 0 amide bonds. The van der Waals surface area contributed by atoms with E-state index in [4.69, 9.17) is 9.97 Å². The topological polar surface area (TPSA) is 95.3 Å². The number of hydrogen-bond donors (Lipinski definition) is 2. The Labute approximate surface area is 206 Å². The third kappa shape index (κ3) is 3.43. The van der Waals surface area contributed by atoms with Gasteiger partial charge in [-0.25, -0.2) is 29.8 Å². The smallest absolute Gasteiger partial charge is 0.178 e. The normalized spacial score (nSPS) is 22.8. The predicted octanol–water partition coefficient (Wildman–Crippen LogP) is 3.88. The van der Waals surface area contributed by atoms with E-state index in [-0.39, 0.29) is 0 Å². The monoisotopic (exact) mass is 478 g/mol. The van der Waals surface area contributed by atoms with Crippen molar-refractivity contribution < 1.29 is 4.39 Å². The zero-order chi connectivity index (χ0) is 24.3. The van der Waals surface area contributed by atoms with Crippen molar-refractivity contribution in [2.24, 2.45) is 0 Å². The quantitative estimate of drug-likeness (QED) is 0.432. The Kier molecular flexibility index (Phi) is 4.62. The molecule has 3 aliphatic rings. The highest BCUT2D eigenvalue weighted by atomic mass is 19.1. The van der Waals surface area contributed by atoms with Crippen LogP contribution in [0.4, 0.5) is 4.39 Å². The number of nitrogens with zero attached hydrogens (tertiary/aromatic N) is 6. The lowest BCUT2D eigenvalue weighted by molar-refractivity contribution is 0.231. The van der Waals surface area contributed by atoms with E-state index in [0.29, 0.717) is 11.5 Å². The van der Waals surface area contributed by atoms with Crippen LogP contribution in [0.2, 0.25) is 0 Å². The Morgan fingerprint density at radius 3 is 2.89 bits per heavy atom. The lowest BCUT2D eigenvalue weighted by atomic mass is 9.82. The number of halogens is 1. The Bertz CT molecular complexity index is 1580. The van der Waals surface area contributed by atoms with Crippen molar-refractivity contribution in [3.05, 3.63) is 95.8 Å². The van der Waals surface area contributed by atoms with Gasteiger partial charge in [0.05, 0.1) is 23.5 Å². The van der Waals surface area contributed by atoms with Crippen molar-refractivity contribution in [2.45, 2.75) is 24.9 Å². The van der Waals surface area contributed by atoms with Gasteiger partial charge >= 0.3 is 0 Å². The van der Waals surface area contributed by atoms with Gasteiger partial charge in [-0.3, -0.25) is 4.98 Å². The molecule has 6 heterocycles. The lowest BCUT2D eigenvalue weighted by Crippen LogP contribution is -2.25. The molecule has 0 saturated carbocycles. The summed E-state index contributed by atoms with van der Waals surface area (Å²) in [6.45, 7) is 3.23. The first-order valence-corrected chi connectivity index (χ1v) is 12.0. The molecule has 0 radical (unpaired) electrons. The number of pyridine rings is 2. The standard InChI is InChI=1S/C27H23FN8/c1-27(28)7-3-2-4-20(27)18-6-8-31-26-24(18)34-25(35-26)23-19-10-21(17-11-29-15-30-12-17)32-13-16(19)5-9-33-36-14-22(23)36/h2-4,6-8,10-13,15,20,33H,5,9,14H2,1H3,(H,31,34,35). The number of imidazole rings is 1. The third-order valence-electron chi connectivity index (χ3n) is 7.07. The fourth-order valence-corrected chi connectivity index (χ4v) is 5.16. The van der Waals surface area contributed by atoms with Gasteiger partial charge < -0.3 is 9.99 Å². The summed E-state index contributed by atoms with van der Waals surface area (Å²) < 4.78 is 15.4. The Balaban J connectivity index is 1.40. The number of hydrogen-bond acceptors (Lipinski definition) is 7. The summed E-state index contributed by atoms with van der Waals surface area (Å²) in [7, 11) is 0. The molecule has 36 heavy (non-hydrogen) atoms. The summed E-state index contributed by atoms with van der Waals surface area (Å²) in [5, 5.41) is 2.14. The van der Waals surface area contributed by atoms with Gasteiger partial charge in [-0.05, 0) is 48.2 Å². The highest BCUT2D eigenvalue weighted by Gasteiger charge is 2.36. The molecule has 4 aromatic heterocycles. The molecule has 9 heteroatoms. The van der Waals surface area contributed by atoms with E-state index in [9.17, 15) is 0 Å². The van der Waals surface area contributed by atoms with Crippen LogP contribution in [0, 0.1) is 0 Å². The van der Waals surface area contributed by atoms with E-state index in [1.54, 1.807) is 37.7 Å². The van der Waals surface area contributed by atoms with E-state index in [0.717, 1.165) is 64.2 Å². The molecular weight excluding hydrogens is 455 g/mol. The number of rotatable bonds is 3. The van der Waals surface area contributed by atoms with Gasteiger partial charge in [0.1, 0.15) is 17.8 Å². The maximum atomic E-state index is 15.4. The van der Waals surface area contributed by atoms with Crippen LogP contribution in [-0.2, 0) is 6.42 Å². The molecule has 2 unspecified atom stereocenters. The predicted molar refractivity (Wildman–Crippen MR) is 134 cm³/mol. The van der Waals surface area contributed by atoms with Crippen molar-refractivity contribution in [2.75, 3.05) is 13.1 Å². The molecule has 0 aromatic carbocycles. The number of H-pyrrole nitrogens is 1. The first-order chi connectivity index (χ1) is 17.6.